The van der Waals surface area contributed by atoms with Gasteiger partial charge in [-0.15, -0.1) is 0 Å². The van der Waals surface area contributed by atoms with Crippen molar-refractivity contribution in [3.63, 3.8) is 0 Å². The second-order valence-corrected chi connectivity index (χ2v) is 5.28. The Morgan fingerprint density at radius 3 is 2.47 bits per heavy atom. The molecule has 3 nitrogen and oxygen atoms in total. The molecular formula is C12H20N2O. The number of carbonyl (C=O) groups is 1. The summed E-state index contributed by atoms with van der Waals surface area (Å²) in [6.45, 7) is 8.83. The number of nitrogens with zero attached hydrogens (tertiary/aromatic N) is 2. The fourth-order valence-corrected chi connectivity index (χ4v) is 1.88. The first kappa shape index (κ1) is 12.0. The van der Waals surface area contributed by atoms with Crippen LogP contribution in [0.3, 0.4) is 0 Å². The number of amides is 1. The minimum absolute atomic E-state index is 0.177. The highest BCUT2D eigenvalue weighted by Gasteiger charge is 2.52. The van der Waals surface area contributed by atoms with Crippen LogP contribution in [0.1, 0.15) is 40.5 Å². The molecular weight excluding hydrogens is 188 g/mol. The second-order valence-electron chi connectivity index (χ2n) is 5.28. The Morgan fingerprint density at radius 2 is 2.13 bits per heavy atom. The van der Waals surface area contributed by atoms with E-state index in [-0.39, 0.29) is 23.3 Å². The molecule has 1 amide bonds. The van der Waals surface area contributed by atoms with Gasteiger partial charge in [0.25, 0.3) is 0 Å². The number of hydrogen-bond donors (Lipinski definition) is 0. The van der Waals surface area contributed by atoms with E-state index in [1.807, 2.05) is 18.7 Å². The summed E-state index contributed by atoms with van der Waals surface area (Å²) in [6, 6.07) is 2.29. The Balaban J connectivity index is 2.58. The summed E-state index contributed by atoms with van der Waals surface area (Å²) in [5.41, 5.74) is 0.177. The first-order valence-corrected chi connectivity index (χ1v) is 5.57. The maximum atomic E-state index is 12.1. The third-order valence-electron chi connectivity index (χ3n) is 3.18. The van der Waals surface area contributed by atoms with E-state index in [9.17, 15) is 4.79 Å². The molecule has 0 aromatic heterocycles. The van der Waals surface area contributed by atoms with Gasteiger partial charge in [0, 0.05) is 18.5 Å². The van der Waals surface area contributed by atoms with Crippen LogP contribution in [0.2, 0.25) is 0 Å². The molecule has 1 unspecified atom stereocenters. The van der Waals surface area contributed by atoms with Crippen LogP contribution in [0.5, 0.6) is 0 Å². The summed E-state index contributed by atoms with van der Waals surface area (Å²) < 4.78 is 0. The molecule has 0 aliphatic heterocycles. The highest BCUT2D eigenvalue weighted by Crippen LogP contribution is 2.52. The van der Waals surface area contributed by atoms with E-state index in [2.05, 4.69) is 19.9 Å². The average molecular weight is 208 g/mol. The fourth-order valence-electron chi connectivity index (χ4n) is 1.88. The predicted molar refractivity (Wildman–Crippen MR) is 59.0 cm³/mol. The van der Waals surface area contributed by atoms with Crippen molar-refractivity contribution in [2.24, 2.45) is 11.3 Å². The van der Waals surface area contributed by atoms with E-state index in [4.69, 9.17) is 5.26 Å². The Labute approximate surface area is 92.1 Å². The Bertz CT molecular complexity index is 288. The fraction of sp³-hybridized carbons (Fsp3) is 0.833. The van der Waals surface area contributed by atoms with E-state index in [0.29, 0.717) is 13.0 Å². The predicted octanol–water partition coefficient (Wildman–Crippen LogP) is 2.18. The molecule has 1 atom stereocenters. The molecule has 1 aliphatic rings. The molecule has 0 spiro atoms. The van der Waals surface area contributed by atoms with Crippen molar-refractivity contribution < 1.29 is 4.79 Å². The highest BCUT2D eigenvalue weighted by atomic mass is 16.2. The summed E-state index contributed by atoms with van der Waals surface area (Å²) in [6.07, 6.45) is 1.42. The van der Waals surface area contributed by atoms with Gasteiger partial charge in [-0.1, -0.05) is 13.8 Å². The van der Waals surface area contributed by atoms with Crippen LogP contribution in [0.15, 0.2) is 0 Å². The van der Waals surface area contributed by atoms with Crippen LogP contribution in [-0.2, 0) is 4.79 Å². The van der Waals surface area contributed by atoms with Crippen LogP contribution in [0, 0.1) is 22.7 Å². The third kappa shape index (κ3) is 2.71. The maximum absolute atomic E-state index is 12.1. The third-order valence-corrected chi connectivity index (χ3v) is 3.18. The van der Waals surface area contributed by atoms with Gasteiger partial charge in [-0.05, 0) is 25.7 Å². The molecule has 1 fully saturated rings. The monoisotopic (exact) mass is 208 g/mol. The summed E-state index contributed by atoms with van der Waals surface area (Å²) in [5, 5.41) is 8.55. The zero-order valence-electron chi connectivity index (χ0n) is 10.1. The van der Waals surface area contributed by atoms with Crippen LogP contribution >= 0.6 is 0 Å². The van der Waals surface area contributed by atoms with Crippen LogP contribution in [0.4, 0.5) is 0 Å². The van der Waals surface area contributed by atoms with Crippen LogP contribution in [0.25, 0.3) is 0 Å². The van der Waals surface area contributed by atoms with E-state index >= 15 is 0 Å². The summed E-state index contributed by atoms with van der Waals surface area (Å²) in [7, 11) is 0. The van der Waals surface area contributed by atoms with Crippen molar-refractivity contribution in [2.45, 2.75) is 46.6 Å². The lowest BCUT2D eigenvalue weighted by Crippen LogP contribution is -2.39. The van der Waals surface area contributed by atoms with E-state index in [1.165, 1.54) is 0 Å². The first-order chi connectivity index (χ1) is 6.90. The molecule has 1 rings (SSSR count). The zero-order valence-corrected chi connectivity index (χ0v) is 10.1. The molecule has 3 heteroatoms. The standard InChI is InChI=1S/C12H20N2O/c1-9(2)14(7-5-6-13)11(15)10-8-12(10,3)4/h9-10H,5,7-8H2,1-4H3. The molecule has 84 valence electrons. The zero-order chi connectivity index (χ0) is 11.6. The van der Waals surface area contributed by atoms with Gasteiger partial charge in [0.05, 0.1) is 12.5 Å². The molecule has 0 radical (unpaired) electrons. The molecule has 0 bridgehead atoms. The molecule has 0 N–H and O–H groups in total. The highest BCUT2D eigenvalue weighted by molar-refractivity contribution is 5.82. The number of rotatable bonds is 4. The van der Waals surface area contributed by atoms with Crippen molar-refractivity contribution in [2.75, 3.05) is 6.54 Å². The molecule has 0 aromatic carbocycles. The molecule has 1 aliphatic carbocycles. The molecule has 0 aromatic rings. The Morgan fingerprint density at radius 1 is 1.60 bits per heavy atom. The van der Waals surface area contributed by atoms with Gasteiger partial charge in [0.15, 0.2) is 0 Å². The quantitative estimate of drug-likeness (QED) is 0.710. The Hall–Kier alpha value is -1.04. The first-order valence-electron chi connectivity index (χ1n) is 5.57. The summed E-state index contributed by atoms with van der Waals surface area (Å²) in [4.78, 5) is 13.9. The largest absolute Gasteiger partial charge is 0.339 e. The van der Waals surface area contributed by atoms with Gasteiger partial charge in [-0.2, -0.15) is 5.26 Å². The van der Waals surface area contributed by atoms with Gasteiger partial charge in [0.2, 0.25) is 5.91 Å². The molecule has 0 saturated heterocycles. The van der Waals surface area contributed by atoms with Gasteiger partial charge < -0.3 is 4.90 Å². The van der Waals surface area contributed by atoms with Crippen molar-refractivity contribution in [3.8, 4) is 6.07 Å². The smallest absolute Gasteiger partial charge is 0.226 e. The molecule has 0 heterocycles. The second kappa shape index (κ2) is 4.22. The lowest BCUT2D eigenvalue weighted by Gasteiger charge is -2.26. The average Bonchev–Trinajstić information content (AvgIpc) is 2.75. The van der Waals surface area contributed by atoms with Gasteiger partial charge in [-0.3, -0.25) is 4.79 Å². The van der Waals surface area contributed by atoms with Crippen molar-refractivity contribution >= 4 is 5.91 Å². The normalized spacial score (nSPS) is 22.3. The van der Waals surface area contributed by atoms with Crippen molar-refractivity contribution in [1.29, 1.82) is 5.26 Å². The van der Waals surface area contributed by atoms with E-state index in [0.717, 1.165) is 6.42 Å². The van der Waals surface area contributed by atoms with Gasteiger partial charge in [0.1, 0.15) is 0 Å². The summed E-state index contributed by atoms with van der Waals surface area (Å²) >= 11 is 0. The SMILES string of the molecule is CC(C)N(CCC#N)C(=O)C1CC1(C)C. The number of nitriles is 1. The Kier molecular flexibility index (Phi) is 3.38. The maximum Gasteiger partial charge on any atom is 0.226 e. The summed E-state index contributed by atoms with van der Waals surface area (Å²) in [5.74, 6) is 0.406. The van der Waals surface area contributed by atoms with Gasteiger partial charge in [-0.25, -0.2) is 0 Å². The van der Waals surface area contributed by atoms with Crippen LogP contribution < -0.4 is 0 Å². The van der Waals surface area contributed by atoms with Crippen molar-refractivity contribution in [3.05, 3.63) is 0 Å². The van der Waals surface area contributed by atoms with E-state index in [1.54, 1.807) is 0 Å². The van der Waals surface area contributed by atoms with Crippen LogP contribution in [-0.4, -0.2) is 23.4 Å². The lowest BCUT2D eigenvalue weighted by atomic mass is 10.1. The lowest BCUT2D eigenvalue weighted by molar-refractivity contribution is -0.134. The number of hydrogen-bond acceptors (Lipinski definition) is 2. The van der Waals surface area contributed by atoms with Crippen molar-refractivity contribution in [1.82, 2.24) is 4.90 Å². The topological polar surface area (TPSA) is 44.1 Å². The van der Waals surface area contributed by atoms with E-state index < -0.39 is 0 Å². The molecule has 1 saturated carbocycles. The minimum Gasteiger partial charge on any atom is -0.339 e. The molecule has 15 heavy (non-hydrogen) atoms. The van der Waals surface area contributed by atoms with Gasteiger partial charge >= 0.3 is 0 Å². The number of carbonyl (C=O) groups excluding carboxylic acids is 1. The minimum atomic E-state index is 0.177.